The van der Waals surface area contributed by atoms with E-state index in [4.69, 9.17) is 4.74 Å². The van der Waals surface area contributed by atoms with Crippen LogP contribution in [-0.2, 0) is 14.8 Å². The van der Waals surface area contributed by atoms with Gasteiger partial charge < -0.3 is 14.5 Å². The number of carbonyl (C=O) groups is 2. The molecule has 0 unspecified atom stereocenters. The smallest absolute Gasteiger partial charge is 0.257 e. The highest BCUT2D eigenvalue weighted by Crippen LogP contribution is 2.34. The minimum absolute atomic E-state index is 0.105. The van der Waals surface area contributed by atoms with E-state index in [0.717, 1.165) is 0 Å². The molecule has 2 amide bonds. The molecule has 0 spiro atoms. The number of amides is 2. The molecule has 1 aromatic carbocycles. The summed E-state index contributed by atoms with van der Waals surface area (Å²) in [5.74, 6) is 0.144. The van der Waals surface area contributed by atoms with E-state index in [1.165, 1.54) is 7.05 Å². The first-order chi connectivity index (χ1) is 12.9. The van der Waals surface area contributed by atoms with Gasteiger partial charge in [0, 0.05) is 19.5 Å². The fourth-order valence-corrected chi connectivity index (χ4v) is 4.51. The summed E-state index contributed by atoms with van der Waals surface area (Å²) in [4.78, 5) is 28.8. The van der Waals surface area contributed by atoms with Crippen LogP contribution in [0.5, 0.6) is 5.75 Å². The van der Waals surface area contributed by atoms with Gasteiger partial charge in [0.05, 0.1) is 30.0 Å². The maximum absolute atomic E-state index is 13.1. The van der Waals surface area contributed by atoms with Crippen molar-refractivity contribution >= 4 is 21.8 Å². The second kappa shape index (κ2) is 7.85. The number of ether oxygens (including phenoxy) is 1. The highest BCUT2D eigenvalue weighted by atomic mass is 32.2. The third kappa shape index (κ3) is 3.93. The average molecular weight is 395 g/mol. The van der Waals surface area contributed by atoms with Crippen molar-refractivity contribution in [1.82, 2.24) is 14.5 Å². The summed E-state index contributed by atoms with van der Waals surface area (Å²) in [6.45, 7) is 3.00. The van der Waals surface area contributed by atoms with Gasteiger partial charge in [-0.3, -0.25) is 9.59 Å². The molecule has 0 aromatic heterocycles. The van der Waals surface area contributed by atoms with Crippen LogP contribution in [0.2, 0.25) is 0 Å². The molecule has 2 aliphatic rings. The molecule has 1 aromatic rings. The molecule has 2 atom stereocenters. The molecule has 2 fully saturated rings. The van der Waals surface area contributed by atoms with Crippen LogP contribution in [0.15, 0.2) is 24.3 Å². The molecule has 9 heteroatoms. The predicted molar refractivity (Wildman–Crippen MR) is 100 cm³/mol. The fraction of sp³-hybridized carbons (Fsp3) is 0.556. The van der Waals surface area contributed by atoms with Gasteiger partial charge in [0.25, 0.3) is 5.91 Å². The van der Waals surface area contributed by atoms with E-state index >= 15 is 0 Å². The average Bonchev–Trinajstić information content (AvgIpc) is 3.18. The van der Waals surface area contributed by atoms with E-state index in [-0.39, 0.29) is 42.6 Å². The maximum Gasteiger partial charge on any atom is 0.257 e. The van der Waals surface area contributed by atoms with E-state index in [2.05, 4.69) is 4.72 Å². The Balaban J connectivity index is 1.75. The Labute approximate surface area is 159 Å². The van der Waals surface area contributed by atoms with E-state index in [9.17, 15) is 18.0 Å². The molecule has 0 bridgehead atoms. The highest BCUT2D eigenvalue weighted by Gasteiger charge is 2.48. The van der Waals surface area contributed by atoms with Gasteiger partial charge in [-0.2, -0.15) is 0 Å². The lowest BCUT2D eigenvalue weighted by molar-refractivity contribution is -0.128. The Morgan fingerprint density at radius 2 is 2.04 bits per heavy atom. The van der Waals surface area contributed by atoms with E-state index < -0.39 is 10.0 Å². The number of hydrogen-bond acceptors (Lipinski definition) is 5. The van der Waals surface area contributed by atoms with Crippen molar-refractivity contribution in [3.8, 4) is 5.75 Å². The van der Waals surface area contributed by atoms with Crippen molar-refractivity contribution < 1.29 is 22.7 Å². The molecule has 0 aliphatic carbocycles. The van der Waals surface area contributed by atoms with Crippen LogP contribution in [0.3, 0.4) is 0 Å². The lowest BCUT2D eigenvalue weighted by Gasteiger charge is -2.26. The number of hydrogen-bond donors (Lipinski definition) is 1. The van der Waals surface area contributed by atoms with Crippen LogP contribution in [-0.4, -0.2) is 74.6 Å². The van der Waals surface area contributed by atoms with Crippen molar-refractivity contribution in [2.45, 2.75) is 31.8 Å². The van der Waals surface area contributed by atoms with Gasteiger partial charge in [0.2, 0.25) is 15.9 Å². The quantitative estimate of drug-likeness (QED) is 0.723. The molecule has 2 aliphatic heterocycles. The number of sulfonamides is 1. The molecule has 1 N–H and O–H groups in total. The molecule has 2 heterocycles. The molecular weight excluding hydrogens is 370 g/mol. The largest absolute Gasteiger partial charge is 0.493 e. The highest BCUT2D eigenvalue weighted by molar-refractivity contribution is 7.89. The summed E-state index contributed by atoms with van der Waals surface area (Å²) in [7, 11) is -2.03. The molecule has 27 heavy (non-hydrogen) atoms. The van der Waals surface area contributed by atoms with Crippen molar-refractivity contribution in [3.63, 3.8) is 0 Å². The van der Waals surface area contributed by atoms with Crippen molar-refractivity contribution in [2.75, 3.05) is 32.5 Å². The van der Waals surface area contributed by atoms with Crippen molar-refractivity contribution in [1.29, 1.82) is 0 Å². The van der Waals surface area contributed by atoms with Gasteiger partial charge in [-0.1, -0.05) is 12.1 Å². The normalized spacial score (nSPS) is 22.2. The van der Waals surface area contributed by atoms with Gasteiger partial charge in [-0.05, 0) is 32.5 Å². The Hall–Kier alpha value is -2.13. The standard InChI is InChI=1S/C18H25N3O5S/c1-3-26-16-7-5-4-6-13(16)18(23)21-9-8-14-15(21)12-17(22)20(14)10-11-27(24,25)19-2/h4-7,14-15,19H,3,8-12H2,1-2H3/t14-,15-/m0/s1. The minimum atomic E-state index is -3.38. The van der Waals surface area contributed by atoms with Crippen molar-refractivity contribution in [3.05, 3.63) is 29.8 Å². The number of para-hydroxylation sites is 1. The van der Waals surface area contributed by atoms with Gasteiger partial charge in [0.1, 0.15) is 5.75 Å². The number of nitrogens with one attached hydrogen (secondary N) is 1. The molecule has 8 nitrogen and oxygen atoms in total. The molecule has 0 saturated carbocycles. The van der Waals surface area contributed by atoms with Gasteiger partial charge in [-0.25, -0.2) is 13.1 Å². The summed E-state index contributed by atoms with van der Waals surface area (Å²) >= 11 is 0. The summed E-state index contributed by atoms with van der Waals surface area (Å²) in [5, 5.41) is 0. The third-order valence-corrected chi connectivity index (χ3v) is 6.55. The number of likely N-dealkylation sites (tertiary alicyclic amines) is 2. The zero-order valence-corrected chi connectivity index (χ0v) is 16.4. The first-order valence-electron chi connectivity index (χ1n) is 9.11. The molecule has 2 saturated heterocycles. The number of benzene rings is 1. The van der Waals surface area contributed by atoms with Crippen LogP contribution in [0.1, 0.15) is 30.1 Å². The third-order valence-electron chi connectivity index (χ3n) is 5.20. The van der Waals surface area contributed by atoms with Crippen LogP contribution in [0, 0.1) is 0 Å². The molecule has 3 rings (SSSR count). The van der Waals surface area contributed by atoms with E-state index in [0.29, 0.717) is 30.9 Å². The number of carbonyl (C=O) groups excluding carboxylic acids is 2. The van der Waals surface area contributed by atoms with Crippen LogP contribution in [0.4, 0.5) is 0 Å². The van der Waals surface area contributed by atoms with Crippen LogP contribution in [0.25, 0.3) is 0 Å². The van der Waals surface area contributed by atoms with Crippen molar-refractivity contribution in [2.24, 2.45) is 0 Å². The lowest BCUT2D eigenvalue weighted by atomic mass is 10.1. The van der Waals surface area contributed by atoms with Crippen LogP contribution < -0.4 is 9.46 Å². The molecular formula is C18H25N3O5S. The first kappa shape index (κ1) is 19.6. The van der Waals surface area contributed by atoms with E-state index in [1.54, 1.807) is 28.0 Å². The first-order valence-corrected chi connectivity index (χ1v) is 10.8. The summed E-state index contributed by atoms with van der Waals surface area (Å²) in [6, 6.07) is 6.74. The zero-order valence-electron chi connectivity index (χ0n) is 15.6. The topological polar surface area (TPSA) is 96.0 Å². The predicted octanol–water partition coefficient (Wildman–Crippen LogP) is 0.450. The second-order valence-electron chi connectivity index (χ2n) is 6.67. The minimum Gasteiger partial charge on any atom is -0.493 e. The Morgan fingerprint density at radius 1 is 1.30 bits per heavy atom. The van der Waals surface area contributed by atoms with Gasteiger partial charge >= 0.3 is 0 Å². The number of rotatable bonds is 7. The van der Waals surface area contributed by atoms with E-state index in [1.807, 2.05) is 13.0 Å². The maximum atomic E-state index is 13.1. The lowest BCUT2D eigenvalue weighted by Crippen LogP contribution is -2.42. The SMILES string of the molecule is CCOc1ccccc1C(=O)N1CC[C@H]2[C@@H]1CC(=O)N2CCS(=O)(=O)NC. The molecule has 148 valence electrons. The summed E-state index contributed by atoms with van der Waals surface area (Å²) < 4.78 is 31.2. The molecule has 0 radical (unpaired) electrons. The second-order valence-corrected chi connectivity index (χ2v) is 8.71. The number of nitrogens with zero attached hydrogens (tertiary/aromatic N) is 2. The number of fused-ring (bicyclic) bond motifs is 1. The Bertz CT molecular complexity index is 826. The summed E-state index contributed by atoms with van der Waals surface area (Å²) in [5.41, 5.74) is 0.489. The zero-order chi connectivity index (χ0) is 19.6. The monoisotopic (exact) mass is 395 g/mol. The van der Waals surface area contributed by atoms with Gasteiger partial charge in [-0.15, -0.1) is 0 Å². The fourth-order valence-electron chi connectivity index (χ4n) is 3.87. The Kier molecular flexibility index (Phi) is 5.71. The Morgan fingerprint density at radius 3 is 2.74 bits per heavy atom. The van der Waals surface area contributed by atoms with Crippen LogP contribution >= 0.6 is 0 Å². The van der Waals surface area contributed by atoms with Gasteiger partial charge in [0.15, 0.2) is 0 Å². The summed E-state index contributed by atoms with van der Waals surface area (Å²) in [6.07, 6.45) is 0.880.